The number of hydrogen-bond acceptors (Lipinski definition) is 5. The molecule has 3 aromatic rings. The first-order chi connectivity index (χ1) is 15.6. The van der Waals surface area contributed by atoms with Gasteiger partial charge in [-0.25, -0.2) is 4.98 Å². The third kappa shape index (κ3) is 5.37. The second-order valence-electron chi connectivity index (χ2n) is 7.55. The van der Waals surface area contributed by atoms with Crippen molar-refractivity contribution in [3.05, 3.63) is 89.5 Å². The summed E-state index contributed by atoms with van der Waals surface area (Å²) in [7, 11) is 0. The third-order valence-corrected chi connectivity index (χ3v) is 5.20. The molecule has 0 atom stereocenters. The number of carbonyl (C=O) groups excluding carboxylic acids is 2. The summed E-state index contributed by atoms with van der Waals surface area (Å²) in [6.45, 7) is 3.10. The number of rotatable bonds is 5. The van der Waals surface area contributed by atoms with E-state index < -0.39 is 5.91 Å². The predicted molar refractivity (Wildman–Crippen MR) is 123 cm³/mol. The number of aryl methyl sites for hydroxylation is 1. The van der Waals surface area contributed by atoms with E-state index in [0.717, 1.165) is 18.4 Å². The Kier molecular flexibility index (Phi) is 6.55. The fourth-order valence-corrected chi connectivity index (χ4v) is 3.50. The molecule has 32 heavy (non-hydrogen) atoms. The van der Waals surface area contributed by atoms with Crippen molar-refractivity contribution in [1.29, 1.82) is 0 Å². The number of aromatic nitrogens is 2. The average molecular weight is 428 g/mol. The number of nitrogens with zero attached hydrogens (tertiary/aromatic N) is 3. The first-order valence-electron chi connectivity index (χ1n) is 10.5. The molecule has 0 saturated carbocycles. The van der Waals surface area contributed by atoms with Gasteiger partial charge >= 0.3 is 0 Å². The first-order valence-corrected chi connectivity index (χ1v) is 10.5. The maximum Gasteiger partial charge on any atom is 0.279 e. The zero-order valence-electron chi connectivity index (χ0n) is 17.8. The van der Waals surface area contributed by atoms with Gasteiger partial charge in [0.25, 0.3) is 5.91 Å². The summed E-state index contributed by atoms with van der Waals surface area (Å²) in [6.07, 6.45) is 8.81. The van der Waals surface area contributed by atoms with Gasteiger partial charge in [-0.2, -0.15) is 0 Å². The number of pyridine rings is 1. The van der Waals surface area contributed by atoms with Gasteiger partial charge in [-0.3, -0.25) is 9.59 Å². The first kappa shape index (κ1) is 21.2. The molecule has 1 aliphatic rings. The fourth-order valence-electron chi connectivity index (χ4n) is 3.50. The normalized spacial score (nSPS) is 14.2. The molecule has 0 aliphatic carbocycles. The molecule has 2 amide bonds. The van der Waals surface area contributed by atoms with Gasteiger partial charge in [0, 0.05) is 31.4 Å². The Balaban J connectivity index is 1.31. The molecule has 0 bridgehead atoms. The lowest BCUT2D eigenvalue weighted by Gasteiger charge is -2.18. The zero-order chi connectivity index (χ0) is 22.3. The largest absolute Gasteiger partial charge is 0.361 e. The Bertz CT molecular complexity index is 1150. The van der Waals surface area contributed by atoms with E-state index in [-0.39, 0.29) is 11.6 Å². The van der Waals surface area contributed by atoms with Crippen LogP contribution in [0.5, 0.6) is 0 Å². The van der Waals surface area contributed by atoms with Gasteiger partial charge in [0.1, 0.15) is 11.6 Å². The molecule has 3 heterocycles. The topological polar surface area (TPSA) is 88.3 Å². The SMILES string of the molecule is Cc1cc(C(=O)Nc2ccc(C=CC(=O)N3CCC=C(c4ccccc4)CC3)cn2)no1. The summed E-state index contributed by atoms with van der Waals surface area (Å²) in [6, 6.07) is 15.3. The summed E-state index contributed by atoms with van der Waals surface area (Å²) in [4.78, 5) is 30.9. The molecular weight excluding hydrogens is 404 g/mol. The predicted octanol–water partition coefficient (Wildman–Crippen LogP) is 4.35. The molecule has 0 unspecified atom stereocenters. The second kappa shape index (κ2) is 9.87. The highest BCUT2D eigenvalue weighted by molar-refractivity contribution is 6.02. The van der Waals surface area contributed by atoms with Gasteiger partial charge in [-0.15, -0.1) is 0 Å². The van der Waals surface area contributed by atoms with E-state index >= 15 is 0 Å². The van der Waals surface area contributed by atoms with Crippen LogP contribution in [0.3, 0.4) is 0 Å². The summed E-state index contributed by atoms with van der Waals surface area (Å²) in [5.41, 5.74) is 3.47. The monoisotopic (exact) mass is 428 g/mol. The van der Waals surface area contributed by atoms with Crippen molar-refractivity contribution in [2.45, 2.75) is 19.8 Å². The Labute approximate surface area is 186 Å². The van der Waals surface area contributed by atoms with Crippen LogP contribution in [0.15, 0.2) is 71.4 Å². The molecular formula is C25H24N4O3. The van der Waals surface area contributed by atoms with E-state index in [9.17, 15) is 9.59 Å². The molecule has 4 rings (SSSR count). The molecule has 1 aliphatic heterocycles. The molecule has 1 N–H and O–H groups in total. The van der Waals surface area contributed by atoms with Gasteiger partial charge in [0.15, 0.2) is 5.69 Å². The van der Waals surface area contributed by atoms with E-state index in [2.05, 4.69) is 33.7 Å². The lowest BCUT2D eigenvalue weighted by molar-refractivity contribution is -0.125. The molecule has 0 radical (unpaired) electrons. The summed E-state index contributed by atoms with van der Waals surface area (Å²) in [5.74, 6) is 0.542. The van der Waals surface area contributed by atoms with Crippen LogP contribution in [0.4, 0.5) is 5.82 Å². The van der Waals surface area contributed by atoms with Gasteiger partial charge in [-0.1, -0.05) is 41.6 Å². The zero-order valence-corrected chi connectivity index (χ0v) is 17.8. The number of anilines is 1. The Hall–Kier alpha value is -4.00. The third-order valence-electron chi connectivity index (χ3n) is 5.20. The van der Waals surface area contributed by atoms with Crippen LogP contribution >= 0.6 is 0 Å². The van der Waals surface area contributed by atoms with Gasteiger partial charge in [0.2, 0.25) is 5.91 Å². The fraction of sp³-hybridized carbons (Fsp3) is 0.200. The van der Waals surface area contributed by atoms with Crippen LogP contribution in [0, 0.1) is 6.92 Å². The molecule has 7 nitrogen and oxygen atoms in total. The van der Waals surface area contributed by atoms with E-state index in [4.69, 9.17) is 4.52 Å². The molecule has 162 valence electrons. The molecule has 1 aromatic carbocycles. The van der Waals surface area contributed by atoms with Crippen molar-refractivity contribution in [2.24, 2.45) is 0 Å². The highest BCUT2D eigenvalue weighted by Crippen LogP contribution is 2.22. The number of hydrogen-bond donors (Lipinski definition) is 1. The highest BCUT2D eigenvalue weighted by Gasteiger charge is 2.15. The molecule has 0 fully saturated rings. The van der Waals surface area contributed by atoms with E-state index in [1.54, 1.807) is 43.5 Å². The lowest BCUT2D eigenvalue weighted by atomic mass is 10.0. The van der Waals surface area contributed by atoms with Crippen molar-refractivity contribution in [3.8, 4) is 0 Å². The minimum absolute atomic E-state index is 0.0218. The van der Waals surface area contributed by atoms with Gasteiger partial charge in [-0.05, 0) is 54.7 Å². The van der Waals surface area contributed by atoms with Crippen molar-refractivity contribution in [1.82, 2.24) is 15.0 Å². The van der Waals surface area contributed by atoms with Crippen LogP contribution in [0.25, 0.3) is 11.6 Å². The van der Waals surface area contributed by atoms with Crippen LogP contribution in [-0.2, 0) is 4.79 Å². The summed E-state index contributed by atoms with van der Waals surface area (Å²) < 4.78 is 4.90. The van der Waals surface area contributed by atoms with E-state index in [1.807, 2.05) is 23.1 Å². The summed E-state index contributed by atoms with van der Waals surface area (Å²) >= 11 is 0. The van der Waals surface area contributed by atoms with Crippen molar-refractivity contribution >= 4 is 29.3 Å². The van der Waals surface area contributed by atoms with Crippen LogP contribution < -0.4 is 5.32 Å². The smallest absolute Gasteiger partial charge is 0.279 e. The van der Waals surface area contributed by atoms with Crippen LogP contribution in [0.1, 0.15) is 40.2 Å². The molecule has 0 saturated heterocycles. The van der Waals surface area contributed by atoms with Crippen molar-refractivity contribution in [3.63, 3.8) is 0 Å². The standard InChI is InChI=1S/C25H24N4O3/c1-18-16-22(28-32-18)25(31)27-23-11-9-19(17-26-23)10-12-24(30)29-14-5-8-21(13-15-29)20-6-3-2-4-7-20/h2-4,6-12,16-17H,5,13-15H2,1H3,(H,26,27,31). The Morgan fingerprint density at radius 1 is 1.12 bits per heavy atom. The number of carbonyl (C=O) groups is 2. The second-order valence-corrected chi connectivity index (χ2v) is 7.55. The quantitative estimate of drug-likeness (QED) is 0.611. The van der Waals surface area contributed by atoms with E-state index in [0.29, 0.717) is 24.7 Å². The molecule has 0 spiro atoms. The molecule has 7 heteroatoms. The Morgan fingerprint density at radius 3 is 2.69 bits per heavy atom. The average Bonchev–Trinajstić information content (AvgIpc) is 3.11. The maximum absolute atomic E-state index is 12.7. The minimum atomic E-state index is -0.391. The lowest BCUT2D eigenvalue weighted by Crippen LogP contribution is -2.30. The number of nitrogens with one attached hydrogen (secondary N) is 1. The molecule has 2 aromatic heterocycles. The van der Waals surface area contributed by atoms with Crippen molar-refractivity contribution in [2.75, 3.05) is 18.4 Å². The van der Waals surface area contributed by atoms with E-state index in [1.165, 1.54) is 11.1 Å². The van der Waals surface area contributed by atoms with Crippen LogP contribution in [0.2, 0.25) is 0 Å². The van der Waals surface area contributed by atoms with Crippen molar-refractivity contribution < 1.29 is 14.1 Å². The number of benzene rings is 1. The number of amides is 2. The van der Waals surface area contributed by atoms with Gasteiger partial charge < -0.3 is 14.7 Å². The van der Waals surface area contributed by atoms with Gasteiger partial charge in [0.05, 0.1) is 0 Å². The van der Waals surface area contributed by atoms with Crippen LogP contribution in [-0.4, -0.2) is 39.9 Å². The minimum Gasteiger partial charge on any atom is -0.361 e. The summed E-state index contributed by atoms with van der Waals surface area (Å²) in [5, 5.41) is 6.34. The Morgan fingerprint density at radius 2 is 1.97 bits per heavy atom. The maximum atomic E-state index is 12.7. The highest BCUT2D eigenvalue weighted by atomic mass is 16.5.